The SMILES string of the molecule is O=C(O)C1(c2ccccn2)CC(F)(F)C1. The number of rotatable bonds is 2. The zero-order chi connectivity index (χ0) is 11.1. The average molecular weight is 213 g/mol. The molecule has 80 valence electrons. The minimum Gasteiger partial charge on any atom is -0.481 e. The van der Waals surface area contributed by atoms with Crippen molar-refractivity contribution in [1.82, 2.24) is 4.98 Å². The van der Waals surface area contributed by atoms with E-state index in [1.165, 1.54) is 12.3 Å². The fraction of sp³-hybridized carbons (Fsp3) is 0.400. The standard InChI is InChI=1S/C10H9F2NO2/c11-10(12)5-9(6-10,8(14)15)7-3-1-2-4-13-7/h1-4H,5-6H2,(H,14,15). The number of alkyl halides is 2. The fourth-order valence-electron chi connectivity index (χ4n) is 1.92. The van der Waals surface area contributed by atoms with E-state index in [4.69, 9.17) is 5.11 Å². The quantitative estimate of drug-likeness (QED) is 0.815. The van der Waals surface area contributed by atoms with E-state index in [-0.39, 0.29) is 5.69 Å². The monoisotopic (exact) mass is 213 g/mol. The number of carboxylic acids is 1. The molecule has 1 aromatic heterocycles. The number of nitrogens with zero attached hydrogens (tertiary/aromatic N) is 1. The summed E-state index contributed by atoms with van der Waals surface area (Å²) in [6, 6.07) is 4.70. The summed E-state index contributed by atoms with van der Waals surface area (Å²) in [4.78, 5) is 14.9. The highest BCUT2D eigenvalue weighted by molar-refractivity contribution is 5.82. The molecule has 1 fully saturated rings. The number of aliphatic carboxylic acids is 1. The summed E-state index contributed by atoms with van der Waals surface area (Å²) in [6.45, 7) is 0. The number of halogens is 2. The molecule has 0 spiro atoms. The van der Waals surface area contributed by atoms with E-state index < -0.39 is 30.1 Å². The maximum atomic E-state index is 12.8. The second kappa shape index (κ2) is 2.98. The summed E-state index contributed by atoms with van der Waals surface area (Å²) in [7, 11) is 0. The van der Waals surface area contributed by atoms with Gasteiger partial charge in [-0.05, 0) is 12.1 Å². The Balaban J connectivity index is 2.36. The second-order valence-corrected chi connectivity index (χ2v) is 3.81. The van der Waals surface area contributed by atoms with Crippen molar-refractivity contribution >= 4 is 5.97 Å². The number of hydrogen-bond acceptors (Lipinski definition) is 2. The van der Waals surface area contributed by atoms with Gasteiger partial charge in [0.25, 0.3) is 5.92 Å². The molecule has 0 saturated heterocycles. The Morgan fingerprint density at radius 1 is 1.40 bits per heavy atom. The van der Waals surface area contributed by atoms with Gasteiger partial charge in [-0.1, -0.05) is 6.07 Å². The lowest BCUT2D eigenvalue weighted by Gasteiger charge is -2.43. The van der Waals surface area contributed by atoms with E-state index in [1.807, 2.05) is 0 Å². The Morgan fingerprint density at radius 2 is 2.07 bits per heavy atom. The number of aromatic nitrogens is 1. The summed E-state index contributed by atoms with van der Waals surface area (Å²) in [5.74, 6) is -4.11. The molecule has 0 atom stereocenters. The molecule has 1 aliphatic carbocycles. The van der Waals surface area contributed by atoms with Crippen LogP contribution >= 0.6 is 0 Å². The van der Waals surface area contributed by atoms with Crippen LogP contribution in [0.5, 0.6) is 0 Å². The molecule has 15 heavy (non-hydrogen) atoms. The van der Waals surface area contributed by atoms with E-state index in [0.29, 0.717) is 0 Å². The Kier molecular flexibility index (Phi) is 1.99. The van der Waals surface area contributed by atoms with Gasteiger partial charge in [0, 0.05) is 19.0 Å². The predicted molar refractivity (Wildman–Crippen MR) is 47.7 cm³/mol. The van der Waals surface area contributed by atoms with Crippen molar-refractivity contribution < 1.29 is 18.7 Å². The smallest absolute Gasteiger partial charge is 0.316 e. The summed E-state index contributed by atoms with van der Waals surface area (Å²) >= 11 is 0. The molecule has 0 aliphatic heterocycles. The van der Waals surface area contributed by atoms with Crippen molar-refractivity contribution in [3.63, 3.8) is 0 Å². The van der Waals surface area contributed by atoms with Gasteiger partial charge < -0.3 is 5.11 Å². The number of carbonyl (C=O) groups is 1. The van der Waals surface area contributed by atoms with Gasteiger partial charge in [-0.2, -0.15) is 0 Å². The third-order valence-corrected chi connectivity index (χ3v) is 2.69. The molecule has 0 radical (unpaired) electrons. The number of pyridine rings is 1. The first kappa shape index (κ1) is 10.0. The largest absolute Gasteiger partial charge is 0.481 e. The lowest BCUT2D eigenvalue weighted by molar-refractivity contribution is -0.174. The molecule has 1 aromatic rings. The van der Waals surface area contributed by atoms with Crippen LogP contribution in [0.2, 0.25) is 0 Å². The normalized spacial score (nSPS) is 21.7. The van der Waals surface area contributed by atoms with E-state index in [0.717, 1.165) is 0 Å². The van der Waals surface area contributed by atoms with Crippen LogP contribution in [0.1, 0.15) is 18.5 Å². The zero-order valence-electron chi connectivity index (χ0n) is 7.78. The first-order valence-electron chi connectivity index (χ1n) is 4.49. The maximum Gasteiger partial charge on any atom is 0.316 e. The lowest BCUT2D eigenvalue weighted by atomic mass is 9.64. The van der Waals surface area contributed by atoms with Gasteiger partial charge in [0.2, 0.25) is 0 Å². The average Bonchev–Trinajstić information content (AvgIpc) is 2.14. The molecule has 1 N–H and O–H groups in total. The molecule has 0 bridgehead atoms. The molecule has 1 heterocycles. The molecule has 3 nitrogen and oxygen atoms in total. The lowest BCUT2D eigenvalue weighted by Crippen LogP contribution is -2.54. The van der Waals surface area contributed by atoms with E-state index in [1.54, 1.807) is 12.1 Å². The summed E-state index contributed by atoms with van der Waals surface area (Å²) in [6.07, 6.45) is 0.0924. The highest BCUT2D eigenvalue weighted by atomic mass is 19.3. The minimum atomic E-state index is -2.88. The highest BCUT2D eigenvalue weighted by Gasteiger charge is 2.62. The Hall–Kier alpha value is -1.52. The Bertz CT molecular complexity index is 384. The molecule has 0 aromatic carbocycles. The van der Waals surface area contributed by atoms with E-state index >= 15 is 0 Å². The van der Waals surface area contributed by atoms with Gasteiger partial charge in [-0.25, -0.2) is 8.78 Å². The third-order valence-electron chi connectivity index (χ3n) is 2.69. The van der Waals surface area contributed by atoms with Gasteiger partial charge in [-0.3, -0.25) is 9.78 Å². The predicted octanol–water partition coefficient (Wildman–Crippen LogP) is 1.83. The van der Waals surface area contributed by atoms with Gasteiger partial charge in [-0.15, -0.1) is 0 Å². The third kappa shape index (κ3) is 1.48. The molecule has 5 heteroatoms. The molecular weight excluding hydrogens is 204 g/mol. The fourth-order valence-corrected chi connectivity index (χ4v) is 1.92. The van der Waals surface area contributed by atoms with Crippen molar-refractivity contribution in [1.29, 1.82) is 0 Å². The van der Waals surface area contributed by atoms with Crippen molar-refractivity contribution in [2.45, 2.75) is 24.2 Å². The highest BCUT2D eigenvalue weighted by Crippen LogP contribution is 2.52. The van der Waals surface area contributed by atoms with E-state index in [2.05, 4.69) is 4.98 Å². The molecule has 0 amide bonds. The van der Waals surface area contributed by atoms with Crippen LogP contribution in [0.4, 0.5) is 8.78 Å². The molecule has 1 aliphatic rings. The van der Waals surface area contributed by atoms with Crippen molar-refractivity contribution in [2.75, 3.05) is 0 Å². The van der Waals surface area contributed by atoms with Crippen LogP contribution in [0.15, 0.2) is 24.4 Å². The summed E-state index contributed by atoms with van der Waals surface area (Å²) < 4.78 is 25.6. The Morgan fingerprint density at radius 3 is 2.47 bits per heavy atom. The topological polar surface area (TPSA) is 50.2 Å². The van der Waals surface area contributed by atoms with Gasteiger partial charge in [0.1, 0.15) is 5.41 Å². The van der Waals surface area contributed by atoms with Gasteiger partial charge in [0.05, 0.1) is 5.69 Å². The van der Waals surface area contributed by atoms with Crippen molar-refractivity contribution in [3.05, 3.63) is 30.1 Å². The van der Waals surface area contributed by atoms with Gasteiger partial charge in [0.15, 0.2) is 0 Å². The van der Waals surface area contributed by atoms with E-state index in [9.17, 15) is 13.6 Å². The van der Waals surface area contributed by atoms with Crippen LogP contribution in [-0.4, -0.2) is 22.0 Å². The second-order valence-electron chi connectivity index (χ2n) is 3.81. The summed E-state index contributed by atoms with van der Waals surface area (Å²) in [5, 5.41) is 9.00. The van der Waals surface area contributed by atoms with Crippen LogP contribution in [-0.2, 0) is 10.2 Å². The van der Waals surface area contributed by atoms with Crippen molar-refractivity contribution in [2.24, 2.45) is 0 Å². The zero-order valence-corrected chi connectivity index (χ0v) is 7.78. The minimum absolute atomic E-state index is 0.212. The molecular formula is C10H9F2NO2. The van der Waals surface area contributed by atoms with Crippen LogP contribution in [0.3, 0.4) is 0 Å². The number of hydrogen-bond donors (Lipinski definition) is 1. The van der Waals surface area contributed by atoms with Crippen LogP contribution in [0, 0.1) is 0 Å². The number of carboxylic acid groups (broad SMARTS) is 1. The molecule has 1 saturated carbocycles. The Labute approximate surface area is 84.8 Å². The van der Waals surface area contributed by atoms with Crippen LogP contribution in [0.25, 0.3) is 0 Å². The first-order valence-corrected chi connectivity index (χ1v) is 4.49. The maximum absolute atomic E-state index is 12.8. The van der Waals surface area contributed by atoms with Crippen molar-refractivity contribution in [3.8, 4) is 0 Å². The van der Waals surface area contributed by atoms with Crippen LogP contribution < -0.4 is 0 Å². The molecule has 0 unspecified atom stereocenters. The first-order chi connectivity index (χ1) is 6.96. The summed E-state index contributed by atoms with van der Waals surface area (Å²) in [5.41, 5.74) is -1.28. The molecule has 2 rings (SSSR count). The van der Waals surface area contributed by atoms with Gasteiger partial charge >= 0.3 is 5.97 Å².